The Morgan fingerprint density at radius 1 is 1.22 bits per heavy atom. The lowest BCUT2D eigenvalue weighted by molar-refractivity contribution is 0.104. The molecule has 0 saturated heterocycles. The van der Waals surface area contributed by atoms with Crippen LogP contribution in [0.2, 0.25) is 0 Å². The molecule has 0 aromatic heterocycles. The highest BCUT2D eigenvalue weighted by Gasteiger charge is 2.12. The SMILES string of the molecule is CCC(C)=C(C)C=CC(=O)c1cc(OC)ccc1OCC(C)C. The summed E-state index contributed by atoms with van der Waals surface area (Å²) in [5.74, 6) is 1.57. The van der Waals surface area contributed by atoms with Crippen LogP contribution in [0.5, 0.6) is 11.5 Å². The molecule has 0 aliphatic heterocycles. The molecule has 0 aliphatic carbocycles. The molecule has 0 radical (unpaired) electrons. The third-order valence-electron chi connectivity index (χ3n) is 3.71. The van der Waals surface area contributed by atoms with E-state index in [0.29, 0.717) is 29.6 Å². The Morgan fingerprint density at radius 2 is 1.91 bits per heavy atom. The van der Waals surface area contributed by atoms with Crippen LogP contribution in [0.15, 0.2) is 41.5 Å². The standard InChI is InChI=1S/C20H28O3/c1-7-15(4)16(5)8-10-19(21)18-12-17(22-6)9-11-20(18)23-13-14(2)3/h8-12,14H,7,13H2,1-6H3. The highest BCUT2D eigenvalue weighted by atomic mass is 16.5. The Morgan fingerprint density at radius 3 is 2.48 bits per heavy atom. The number of allylic oxidation sites excluding steroid dienone is 4. The molecule has 0 atom stereocenters. The predicted octanol–water partition coefficient (Wildman–Crippen LogP) is 5.22. The van der Waals surface area contributed by atoms with E-state index in [4.69, 9.17) is 9.47 Å². The first-order valence-electron chi connectivity index (χ1n) is 8.08. The molecule has 0 fully saturated rings. The van der Waals surface area contributed by atoms with E-state index in [0.717, 1.165) is 12.0 Å². The van der Waals surface area contributed by atoms with Gasteiger partial charge in [-0.15, -0.1) is 0 Å². The largest absolute Gasteiger partial charge is 0.497 e. The van der Waals surface area contributed by atoms with Crippen molar-refractivity contribution in [3.05, 3.63) is 47.1 Å². The number of ketones is 1. The quantitative estimate of drug-likeness (QED) is 0.375. The van der Waals surface area contributed by atoms with E-state index in [-0.39, 0.29) is 5.78 Å². The first-order chi connectivity index (χ1) is 10.9. The van der Waals surface area contributed by atoms with E-state index < -0.39 is 0 Å². The molecule has 0 aliphatic rings. The summed E-state index contributed by atoms with van der Waals surface area (Å²) in [6, 6.07) is 5.33. The van der Waals surface area contributed by atoms with E-state index in [1.54, 1.807) is 25.3 Å². The second-order valence-electron chi connectivity index (χ2n) is 6.08. The van der Waals surface area contributed by atoms with Crippen LogP contribution in [0.25, 0.3) is 0 Å². The zero-order valence-electron chi connectivity index (χ0n) is 15.1. The molecule has 0 unspecified atom stereocenters. The van der Waals surface area contributed by atoms with Crippen molar-refractivity contribution in [3.63, 3.8) is 0 Å². The van der Waals surface area contributed by atoms with Crippen molar-refractivity contribution in [1.29, 1.82) is 0 Å². The fraction of sp³-hybridized carbons (Fsp3) is 0.450. The summed E-state index contributed by atoms with van der Waals surface area (Å²) in [5.41, 5.74) is 2.92. The van der Waals surface area contributed by atoms with Gasteiger partial charge in [0.15, 0.2) is 5.78 Å². The Balaban J connectivity index is 3.07. The Hall–Kier alpha value is -2.03. The van der Waals surface area contributed by atoms with E-state index in [9.17, 15) is 4.79 Å². The zero-order valence-corrected chi connectivity index (χ0v) is 15.1. The number of methoxy groups -OCH3 is 1. The second-order valence-corrected chi connectivity index (χ2v) is 6.08. The van der Waals surface area contributed by atoms with E-state index in [1.165, 1.54) is 5.57 Å². The average molecular weight is 316 g/mol. The number of hydrogen-bond donors (Lipinski definition) is 0. The van der Waals surface area contributed by atoms with Gasteiger partial charge in [0.2, 0.25) is 0 Å². The van der Waals surface area contributed by atoms with Gasteiger partial charge in [0, 0.05) is 0 Å². The van der Waals surface area contributed by atoms with Crippen molar-refractivity contribution in [2.45, 2.75) is 41.0 Å². The fourth-order valence-corrected chi connectivity index (χ4v) is 1.92. The van der Waals surface area contributed by atoms with Crippen LogP contribution >= 0.6 is 0 Å². The molecular formula is C20H28O3. The van der Waals surface area contributed by atoms with Crippen molar-refractivity contribution in [3.8, 4) is 11.5 Å². The van der Waals surface area contributed by atoms with Gasteiger partial charge in [0.1, 0.15) is 11.5 Å². The average Bonchev–Trinajstić information content (AvgIpc) is 2.56. The maximum absolute atomic E-state index is 12.5. The van der Waals surface area contributed by atoms with Crippen LogP contribution in [-0.4, -0.2) is 19.5 Å². The summed E-state index contributed by atoms with van der Waals surface area (Å²) in [5, 5.41) is 0. The van der Waals surface area contributed by atoms with Gasteiger partial charge in [-0.05, 0) is 50.5 Å². The fourth-order valence-electron chi connectivity index (χ4n) is 1.92. The van der Waals surface area contributed by atoms with Gasteiger partial charge in [-0.1, -0.05) is 38.0 Å². The number of carbonyl (C=O) groups is 1. The van der Waals surface area contributed by atoms with Crippen LogP contribution in [0.1, 0.15) is 51.4 Å². The minimum absolute atomic E-state index is 0.0779. The number of rotatable bonds is 8. The Bertz CT molecular complexity index is 595. The monoisotopic (exact) mass is 316 g/mol. The second kappa shape index (κ2) is 9.19. The van der Waals surface area contributed by atoms with Crippen molar-refractivity contribution in [2.75, 3.05) is 13.7 Å². The molecule has 0 spiro atoms. The molecule has 0 N–H and O–H groups in total. The Kier molecular flexibility index (Phi) is 7.60. The summed E-state index contributed by atoms with van der Waals surface area (Å²) in [6.07, 6.45) is 4.45. The lowest BCUT2D eigenvalue weighted by Crippen LogP contribution is -2.08. The summed E-state index contributed by atoms with van der Waals surface area (Å²) in [4.78, 5) is 12.5. The van der Waals surface area contributed by atoms with Crippen molar-refractivity contribution in [1.82, 2.24) is 0 Å². The topological polar surface area (TPSA) is 35.5 Å². The van der Waals surface area contributed by atoms with E-state index in [2.05, 4.69) is 27.7 Å². The molecule has 126 valence electrons. The lowest BCUT2D eigenvalue weighted by atomic mass is 10.1. The van der Waals surface area contributed by atoms with Crippen molar-refractivity contribution < 1.29 is 14.3 Å². The van der Waals surface area contributed by atoms with Gasteiger partial charge in [0.25, 0.3) is 0 Å². The molecule has 0 bridgehead atoms. The molecule has 1 rings (SSSR count). The summed E-state index contributed by atoms with van der Waals surface area (Å²) in [6.45, 7) is 10.9. The maximum atomic E-state index is 12.5. The van der Waals surface area contributed by atoms with Crippen LogP contribution in [0.4, 0.5) is 0 Å². The van der Waals surface area contributed by atoms with Crippen LogP contribution in [0, 0.1) is 5.92 Å². The summed E-state index contributed by atoms with van der Waals surface area (Å²) < 4.78 is 11.0. The lowest BCUT2D eigenvalue weighted by Gasteiger charge is -2.13. The molecule has 3 heteroatoms. The van der Waals surface area contributed by atoms with Crippen molar-refractivity contribution in [2.24, 2.45) is 5.92 Å². The molecule has 0 saturated carbocycles. The van der Waals surface area contributed by atoms with Gasteiger partial charge in [-0.3, -0.25) is 4.79 Å². The zero-order chi connectivity index (χ0) is 17.4. The number of ether oxygens (including phenoxy) is 2. The van der Waals surface area contributed by atoms with E-state index >= 15 is 0 Å². The minimum Gasteiger partial charge on any atom is -0.497 e. The van der Waals surface area contributed by atoms with Crippen LogP contribution in [0.3, 0.4) is 0 Å². The molecule has 0 amide bonds. The predicted molar refractivity (Wildman–Crippen MR) is 95.5 cm³/mol. The van der Waals surface area contributed by atoms with Gasteiger partial charge >= 0.3 is 0 Å². The third-order valence-corrected chi connectivity index (χ3v) is 3.71. The molecule has 1 aromatic carbocycles. The third kappa shape index (κ3) is 5.93. The number of benzene rings is 1. The van der Waals surface area contributed by atoms with Gasteiger partial charge in [-0.2, -0.15) is 0 Å². The first-order valence-corrected chi connectivity index (χ1v) is 8.08. The van der Waals surface area contributed by atoms with Gasteiger partial charge in [-0.25, -0.2) is 0 Å². The smallest absolute Gasteiger partial charge is 0.189 e. The Labute approximate surface area is 140 Å². The highest BCUT2D eigenvalue weighted by molar-refractivity contribution is 6.07. The van der Waals surface area contributed by atoms with Crippen LogP contribution < -0.4 is 9.47 Å². The molecule has 23 heavy (non-hydrogen) atoms. The maximum Gasteiger partial charge on any atom is 0.189 e. The molecule has 3 nitrogen and oxygen atoms in total. The molecular weight excluding hydrogens is 288 g/mol. The normalized spacial score (nSPS) is 12.5. The number of hydrogen-bond acceptors (Lipinski definition) is 3. The molecule has 0 heterocycles. The highest BCUT2D eigenvalue weighted by Crippen LogP contribution is 2.26. The summed E-state index contributed by atoms with van der Waals surface area (Å²) in [7, 11) is 1.59. The first kappa shape index (κ1) is 19.0. The van der Waals surface area contributed by atoms with Gasteiger partial charge in [0.05, 0.1) is 19.3 Å². The molecule has 1 aromatic rings. The van der Waals surface area contributed by atoms with Crippen molar-refractivity contribution >= 4 is 5.78 Å². The minimum atomic E-state index is -0.0779. The number of carbonyl (C=O) groups excluding carboxylic acids is 1. The summed E-state index contributed by atoms with van der Waals surface area (Å²) >= 11 is 0. The van der Waals surface area contributed by atoms with Gasteiger partial charge < -0.3 is 9.47 Å². The van der Waals surface area contributed by atoms with E-state index in [1.807, 2.05) is 19.1 Å². The van der Waals surface area contributed by atoms with Crippen LogP contribution in [-0.2, 0) is 0 Å².